The van der Waals surface area contributed by atoms with Gasteiger partial charge in [-0.1, -0.05) is 6.42 Å². The first-order chi connectivity index (χ1) is 6.33. The molecule has 3 atom stereocenters. The highest BCUT2D eigenvalue weighted by molar-refractivity contribution is 5.06. The molecule has 3 nitrogen and oxygen atoms in total. The predicted molar refractivity (Wildman–Crippen MR) is 49.3 cm³/mol. The van der Waals surface area contributed by atoms with Crippen LogP contribution < -0.4 is 0 Å². The molecule has 70 valence electrons. The van der Waals surface area contributed by atoms with Crippen molar-refractivity contribution in [2.75, 3.05) is 0 Å². The average molecular weight is 177 g/mol. The molecule has 2 fully saturated rings. The van der Waals surface area contributed by atoms with Gasteiger partial charge in [0.05, 0.1) is 0 Å². The number of aryl methyl sites for hydroxylation is 1. The molecule has 0 saturated heterocycles. The molecule has 0 radical (unpaired) electrons. The number of aromatic amines is 1. The summed E-state index contributed by atoms with van der Waals surface area (Å²) < 4.78 is 0. The zero-order valence-electron chi connectivity index (χ0n) is 7.95. The number of rotatable bonds is 1. The minimum absolute atomic E-state index is 0.670. The average Bonchev–Trinajstić information content (AvgIpc) is 2.77. The molecule has 1 aromatic rings. The van der Waals surface area contributed by atoms with Gasteiger partial charge in [-0.3, -0.25) is 5.10 Å². The van der Waals surface area contributed by atoms with Crippen LogP contribution in [0.5, 0.6) is 0 Å². The highest BCUT2D eigenvalue weighted by Gasteiger charge is 2.41. The van der Waals surface area contributed by atoms with Gasteiger partial charge in [0.1, 0.15) is 5.82 Å². The molecule has 1 aromatic heterocycles. The van der Waals surface area contributed by atoms with Gasteiger partial charge in [0, 0.05) is 5.92 Å². The van der Waals surface area contributed by atoms with Gasteiger partial charge in [-0.25, -0.2) is 4.98 Å². The van der Waals surface area contributed by atoms with Gasteiger partial charge in [-0.2, -0.15) is 5.10 Å². The van der Waals surface area contributed by atoms with E-state index in [-0.39, 0.29) is 0 Å². The minimum atomic E-state index is 0.670. The number of nitrogens with zero attached hydrogens (tertiary/aromatic N) is 2. The first-order valence-corrected chi connectivity index (χ1v) is 5.22. The van der Waals surface area contributed by atoms with E-state index in [0.717, 1.165) is 23.5 Å². The first-order valence-electron chi connectivity index (χ1n) is 5.22. The fourth-order valence-electron chi connectivity index (χ4n) is 3.09. The number of nitrogens with one attached hydrogen (secondary N) is 1. The second kappa shape index (κ2) is 2.56. The quantitative estimate of drug-likeness (QED) is 0.713. The summed E-state index contributed by atoms with van der Waals surface area (Å²) in [6.07, 6.45) is 5.62. The Morgan fingerprint density at radius 1 is 1.31 bits per heavy atom. The van der Waals surface area contributed by atoms with Crippen LogP contribution in [0.1, 0.15) is 43.3 Å². The van der Waals surface area contributed by atoms with Crippen LogP contribution in [0.2, 0.25) is 0 Å². The maximum absolute atomic E-state index is 4.44. The third-order valence-electron chi connectivity index (χ3n) is 3.68. The summed E-state index contributed by atoms with van der Waals surface area (Å²) in [6.45, 7) is 1.98. The molecule has 2 aliphatic rings. The van der Waals surface area contributed by atoms with Gasteiger partial charge in [0.2, 0.25) is 0 Å². The van der Waals surface area contributed by atoms with E-state index in [0.29, 0.717) is 5.92 Å². The third kappa shape index (κ3) is 1.10. The van der Waals surface area contributed by atoms with Crippen LogP contribution in [-0.2, 0) is 0 Å². The van der Waals surface area contributed by atoms with Crippen molar-refractivity contribution in [3.63, 3.8) is 0 Å². The molecule has 3 heteroatoms. The molecular weight excluding hydrogens is 162 g/mol. The molecule has 0 aromatic carbocycles. The molecule has 2 aliphatic carbocycles. The van der Waals surface area contributed by atoms with Crippen molar-refractivity contribution in [2.24, 2.45) is 11.8 Å². The Labute approximate surface area is 78.0 Å². The number of H-pyrrole nitrogens is 1. The number of fused-ring (bicyclic) bond motifs is 2. The van der Waals surface area contributed by atoms with Crippen LogP contribution in [0, 0.1) is 18.8 Å². The molecule has 1 heterocycles. The highest BCUT2D eigenvalue weighted by Crippen LogP contribution is 2.51. The van der Waals surface area contributed by atoms with Gasteiger partial charge in [-0.05, 0) is 38.0 Å². The first kappa shape index (κ1) is 7.54. The zero-order chi connectivity index (χ0) is 8.84. The van der Waals surface area contributed by atoms with E-state index in [1.54, 1.807) is 0 Å². The lowest BCUT2D eigenvalue weighted by molar-refractivity contribution is 0.406. The zero-order valence-corrected chi connectivity index (χ0v) is 7.95. The molecule has 2 saturated carbocycles. The van der Waals surface area contributed by atoms with Crippen molar-refractivity contribution < 1.29 is 0 Å². The molecule has 3 unspecified atom stereocenters. The van der Waals surface area contributed by atoms with Crippen LogP contribution in [0.15, 0.2) is 0 Å². The van der Waals surface area contributed by atoms with Crippen LogP contribution in [0.25, 0.3) is 0 Å². The maximum Gasteiger partial charge on any atom is 0.154 e. The topological polar surface area (TPSA) is 41.6 Å². The van der Waals surface area contributed by atoms with E-state index < -0.39 is 0 Å². The van der Waals surface area contributed by atoms with Crippen molar-refractivity contribution >= 4 is 0 Å². The molecule has 1 N–H and O–H groups in total. The van der Waals surface area contributed by atoms with Gasteiger partial charge in [0.15, 0.2) is 5.82 Å². The predicted octanol–water partition coefficient (Wildman–Crippen LogP) is 2.02. The summed E-state index contributed by atoms with van der Waals surface area (Å²) in [4.78, 5) is 4.44. The number of hydrogen-bond donors (Lipinski definition) is 1. The summed E-state index contributed by atoms with van der Waals surface area (Å²) >= 11 is 0. The smallest absolute Gasteiger partial charge is 0.154 e. The summed E-state index contributed by atoms with van der Waals surface area (Å²) in [5, 5.41) is 7.22. The highest BCUT2D eigenvalue weighted by atomic mass is 15.2. The summed E-state index contributed by atoms with van der Waals surface area (Å²) in [7, 11) is 0. The fraction of sp³-hybridized carbons (Fsp3) is 0.800. The Bertz CT molecular complexity index is 318. The van der Waals surface area contributed by atoms with Crippen LogP contribution >= 0.6 is 0 Å². The van der Waals surface area contributed by atoms with Crippen molar-refractivity contribution in [1.29, 1.82) is 0 Å². The van der Waals surface area contributed by atoms with Crippen molar-refractivity contribution in [3.05, 3.63) is 11.6 Å². The van der Waals surface area contributed by atoms with E-state index >= 15 is 0 Å². The lowest BCUT2D eigenvalue weighted by Crippen LogP contribution is -2.10. The van der Waals surface area contributed by atoms with Crippen molar-refractivity contribution in [1.82, 2.24) is 15.2 Å². The van der Waals surface area contributed by atoms with E-state index in [4.69, 9.17) is 0 Å². The Balaban J connectivity index is 1.87. The number of hydrogen-bond acceptors (Lipinski definition) is 2. The van der Waals surface area contributed by atoms with Gasteiger partial charge < -0.3 is 0 Å². The van der Waals surface area contributed by atoms with Gasteiger partial charge in [0.25, 0.3) is 0 Å². The van der Waals surface area contributed by atoms with Gasteiger partial charge >= 0.3 is 0 Å². The largest absolute Gasteiger partial charge is 0.263 e. The van der Waals surface area contributed by atoms with E-state index in [9.17, 15) is 0 Å². The summed E-state index contributed by atoms with van der Waals surface area (Å²) in [6, 6.07) is 0. The Morgan fingerprint density at radius 3 is 2.77 bits per heavy atom. The SMILES string of the molecule is Cc1nc(C2CC3CCC2C3)n[nH]1. The third-order valence-corrected chi connectivity index (χ3v) is 3.68. The molecule has 0 amide bonds. The molecule has 3 rings (SSSR count). The Kier molecular flexibility index (Phi) is 1.49. The summed E-state index contributed by atoms with van der Waals surface area (Å²) in [5.41, 5.74) is 0. The molecule has 0 spiro atoms. The normalized spacial score (nSPS) is 37.2. The lowest BCUT2D eigenvalue weighted by atomic mass is 9.88. The number of aromatic nitrogens is 3. The standard InChI is InChI=1S/C10H15N3/c1-6-11-10(13-12-6)9-5-7-2-3-8(9)4-7/h7-9H,2-5H2,1H3,(H,11,12,13). The van der Waals surface area contributed by atoms with Crippen LogP contribution in [0.4, 0.5) is 0 Å². The monoisotopic (exact) mass is 177 g/mol. The fourth-order valence-corrected chi connectivity index (χ4v) is 3.09. The Hall–Kier alpha value is -0.860. The van der Waals surface area contributed by atoms with E-state index in [2.05, 4.69) is 15.2 Å². The van der Waals surface area contributed by atoms with E-state index in [1.165, 1.54) is 25.7 Å². The van der Waals surface area contributed by atoms with Crippen molar-refractivity contribution in [2.45, 2.75) is 38.5 Å². The molecule has 13 heavy (non-hydrogen) atoms. The second-order valence-corrected chi connectivity index (χ2v) is 4.56. The van der Waals surface area contributed by atoms with Crippen molar-refractivity contribution in [3.8, 4) is 0 Å². The van der Waals surface area contributed by atoms with Gasteiger partial charge in [-0.15, -0.1) is 0 Å². The lowest BCUT2D eigenvalue weighted by Gasteiger charge is -2.17. The van der Waals surface area contributed by atoms with Crippen LogP contribution in [0.3, 0.4) is 0 Å². The molecular formula is C10H15N3. The maximum atomic E-state index is 4.44. The summed E-state index contributed by atoms with van der Waals surface area (Å²) in [5.74, 6) is 4.57. The molecule has 2 bridgehead atoms. The van der Waals surface area contributed by atoms with Crippen LogP contribution in [-0.4, -0.2) is 15.2 Å². The second-order valence-electron chi connectivity index (χ2n) is 4.56. The minimum Gasteiger partial charge on any atom is -0.263 e. The van der Waals surface area contributed by atoms with E-state index in [1.807, 2.05) is 6.92 Å². The Morgan fingerprint density at radius 2 is 2.23 bits per heavy atom. The molecule has 0 aliphatic heterocycles.